The average molecular weight is 390 g/mol. The lowest BCUT2D eigenvalue weighted by molar-refractivity contribution is 0.187. The lowest BCUT2D eigenvalue weighted by Crippen LogP contribution is -2.24. The molecule has 0 amide bonds. The van der Waals surface area contributed by atoms with Gasteiger partial charge in [0.1, 0.15) is 16.4 Å². The van der Waals surface area contributed by atoms with E-state index in [2.05, 4.69) is 22.3 Å². The predicted molar refractivity (Wildman–Crippen MR) is 107 cm³/mol. The Morgan fingerprint density at radius 2 is 2.38 bits per heavy atom. The zero-order valence-electron chi connectivity index (χ0n) is 14.4. The fourth-order valence-corrected chi connectivity index (χ4v) is 3.55. The van der Waals surface area contributed by atoms with Crippen molar-refractivity contribution >= 4 is 39.7 Å². The Morgan fingerprint density at radius 3 is 3.08 bits per heavy atom. The van der Waals surface area contributed by atoms with Crippen LogP contribution < -0.4 is 11.1 Å². The molecule has 0 aliphatic carbocycles. The Kier molecular flexibility index (Phi) is 6.17. The summed E-state index contributed by atoms with van der Waals surface area (Å²) in [6.07, 6.45) is 6.94. The number of aromatic nitrogens is 1. The second-order valence-electron chi connectivity index (χ2n) is 5.89. The Labute approximate surface area is 161 Å². The van der Waals surface area contributed by atoms with E-state index in [4.69, 9.17) is 32.9 Å². The van der Waals surface area contributed by atoms with Crippen molar-refractivity contribution < 1.29 is 9.15 Å². The van der Waals surface area contributed by atoms with Gasteiger partial charge < -0.3 is 20.2 Å². The summed E-state index contributed by atoms with van der Waals surface area (Å²) < 4.78 is 11.1. The zero-order chi connectivity index (χ0) is 18.5. The summed E-state index contributed by atoms with van der Waals surface area (Å²) in [6, 6.07) is 5.71. The number of furan rings is 1. The van der Waals surface area contributed by atoms with Gasteiger partial charge >= 0.3 is 0 Å². The molecule has 3 aromatic heterocycles. The molecule has 3 heterocycles. The fraction of sp³-hybridized carbons (Fsp3) is 0.316. The number of terminal acetylenes is 1. The molecule has 1 atom stereocenters. The van der Waals surface area contributed by atoms with E-state index in [9.17, 15) is 0 Å². The van der Waals surface area contributed by atoms with Crippen LogP contribution in [0.25, 0.3) is 11.1 Å². The van der Waals surface area contributed by atoms with Crippen LogP contribution in [0.15, 0.2) is 28.0 Å². The molecule has 3 aromatic rings. The van der Waals surface area contributed by atoms with Gasteiger partial charge in [0, 0.05) is 43.7 Å². The number of nitrogens with two attached hydrogens (primary N) is 1. The number of fused-ring (bicyclic) bond motifs is 1. The average Bonchev–Trinajstić information content (AvgIpc) is 3.25. The van der Waals surface area contributed by atoms with Crippen LogP contribution in [0.5, 0.6) is 0 Å². The van der Waals surface area contributed by atoms with E-state index >= 15 is 0 Å². The van der Waals surface area contributed by atoms with Crippen molar-refractivity contribution in [3.63, 3.8) is 0 Å². The first kappa shape index (κ1) is 18.7. The Bertz CT molecular complexity index is 915. The first-order valence-electron chi connectivity index (χ1n) is 8.21. The molecule has 0 unspecified atom stereocenters. The van der Waals surface area contributed by atoms with Gasteiger partial charge in [-0.25, -0.2) is 4.98 Å². The zero-order valence-corrected chi connectivity index (χ0v) is 16.0. The van der Waals surface area contributed by atoms with Crippen molar-refractivity contribution in [2.45, 2.75) is 25.4 Å². The Balaban J connectivity index is 1.92. The van der Waals surface area contributed by atoms with Gasteiger partial charge in [-0.2, -0.15) is 0 Å². The van der Waals surface area contributed by atoms with Crippen LogP contribution in [0.4, 0.5) is 5.69 Å². The van der Waals surface area contributed by atoms with Gasteiger partial charge in [-0.05, 0) is 17.9 Å². The minimum absolute atomic E-state index is 0.111. The maximum Gasteiger partial charge on any atom is 0.177 e. The third-order valence-corrected chi connectivity index (χ3v) is 5.07. The van der Waals surface area contributed by atoms with E-state index in [1.807, 2.05) is 11.4 Å². The SMILES string of the molecule is C#Cc1c(C[C@@H](N)CCOC)oc2c(NCc3cccs3)cc(Cl)nc12. The summed E-state index contributed by atoms with van der Waals surface area (Å²) in [4.78, 5) is 5.57. The van der Waals surface area contributed by atoms with Crippen LogP contribution in [-0.2, 0) is 17.7 Å². The smallest absolute Gasteiger partial charge is 0.177 e. The van der Waals surface area contributed by atoms with Crippen LogP contribution in [-0.4, -0.2) is 24.7 Å². The number of pyridine rings is 1. The summed E-state index contributed by atoms with van der Waals surface area (Å²) in [7, 11) is 1.65. The van der Waals surface area contributed by atoms with E-state index in [-0.39, 0.29) is 6.04 Å². The molecule has 0 aliphatic heterocycles. The number of ether oxygens (including phenoxy) is 1. The van der Waals surface area contributed by atoms with Gasteiger partial charge in [0.15, 0.2) is 5.58 Å². The van der Waals surface area contributed by atoms with Crippen LogP contribution in [0, 0.1) is 12.3 Å². The molecule has 26 heavy (non-hydrogen) atoms. The third kappa shape index (κ3) is 4.19. The van der Waals surface area contributed by atoms with Crippen molar-refractivity contribution in [3.8, 4) is 12.3 Å². The van der Waals surface area contributed by atoms with Gasteiger partial charge in [0.2, 0.25) is 0 Å². The highest BCUT2D eigenvalue weighted by atomic mass is 35.5. The molecule has 0 saturated carbocycles. The molecule has 0 radical (unpaired) electrons. The second kappa shape index (κ2) is 8.56. The standard InChI is InChI=1S/C19H20ClN3O2S/c1-3-14-16(9-12(21)6-7-24-2)25-19-15(10-17(20)23-18(14)19)22-11-13-5-4-8-26-13/h1,4-5,8,10,12H,6-7,9,11,21H2,2H3,(H,22,23)/t12-/m0/s1. The number of hydrogen-bond donors (Lipinski definition) is 2. The third-order valence-electron chi connectivity index (χ3n) is 4.00. The van der Waals surface area contributed by atoms with E-state index in [0.29, 0.717) is 47.1 Å². The number of anilines is 1. The van der Waals surface area contributed by atoms with Crippen molar-refractivity contribution in [2.75, 3.05) is 19.0 Å². The van der Waals surface area contributed by atoms with Crippen molar-refractivity contribution in [2.24, 2.45) is 5.73 Å². The van der Waals surface area contributed by atoms with Crippen LogP contribution in [0.3, 0.4) is 0 Å². The summed E-state index contributed by atoms with van der Waals surface area (Å²) >= 11 is 7.88. The molecule has 5 nitrogen and oxygen atoms in total. The van der Waals surface area contributed by atoms with Crippen LogP contribution in [0.2, 0.25) is 5.15 Å². The summed E-state index contributed by atoms with van der Waals surface area (Å²) in [5.74, 6) is 3.33. The normalized spacial score (nSPS) is 12.2. The maximum atomic E-state index is 6.20. The van der Waals surface area contributed by atoms with Crippen molar-refractivity contribution in [1.29, 1.82) is 0 Å². The van der Waals surface area contributed by atoms with Crippen LogP contribution in [0.1, 0.15) is 22.6 Å². The highest BCUT2D eigenvalue weighted by molar-refractivity contribution is 7.09. The maximum absolute atomic E-state index is 6.20. The highest BCUT2D eigenvalue weighted by Gasteiger charge is 2.20. The molecule has 3 N–H and O–H groups in total. The molecule has 3 rings (SSSR count). The van der Waals surface area contributed by atoms with Crippen molar-refractivity contribution in [1.82, 2.24) is 4.98 Å². The van der Waals surface area contributed by atoms with Gasteiger partial charge in [-0.1, -0.05) is 23.6 Å². The second-order valence-corrected chi connectivity index (χ2v) is 7.31. The highest BCUT2D eigenvalue weighted by Crippen LogP contribution is 2.33. The Hall–Kier alpha value is -2.04. The minimum Gasteiger partial charge on any atom is -0.456 e. The number of rotatable bonds is 8. The molecule has 0 aliphatic rings. The van der Waals surface area contributed by atoms with Crippen molar-refractivity contribution in [3.05, 3.63) is 44.9 Å². The summed E-state index contributed by atoms with van der Waals surface area (Å²) in [5.41, 5.74) is 8.72. The van der Waals surface area contributed by atoms with Gasteiger partial charge in [-0.15, -0.1) is 17.8 Å². The molecule has 0 aromatic carbocycles. The number of halogens is 1. The first-order chi connectivity index (χ1) is 12.6. The topological polar surface area (TPSA) is 73.3 Å². The van der Waals surface area contributed by atoms with Gasteiger partial charge in [-0.3, -0.25) is 0 Å². The summed E-state index contributed by atoms with van der Waals surface area (Å²) in [6.45, 7) is 1.26. The number of hydrogen-bond acceptors (Lipinski definition) is 6. The Morgan fingerprint density at radius 1 is 1.54 bits per heavy atom. The molecule has 0 spiro atoms. The van der Waals surface area contributed by atoms with E-state index in [0.717, 1.165) is 12.1 Å². The summed E-state index contributed by atoms with van der Waals surface area (Å²) in [5, 5.41) is 5.75. The first-order valence-corrected chi connectivity index (χ1v) is 9.47. The number of nitrogens with one attached hydrogen (secondary N) is 1. The van der Waals surface area contributed by atoms with E-state index in [1.54, 1.807) is 24.5 Å². The molecule has 0 bridgehead atoms. The molecular weight excluding hydrogens is 370 g/mol. The molecule has 0 fully saturated rings. The van der Waals surface area contributed by atoms with Crippen LogP contribution >= 0.6 is 22.9 Å². The quantitative estimate of drug-likeness (QED) is 0.449. The predicted octanol–water partition coefficient (Wildman–Crippen LogP) is 4.04. The largest absolute Gasteiger partial charge is 0.456 e. The molecule has 0 saturated heterocycles. The minimum atomic E-state index is -0.111. The van der Waals surface area contributed by atoms with Gasteiger partial charge in [0.25, 0.3) is 0 Å². The fourth-order valence-electron chi connectivity index (χ4n) is 2.71. The van der Waals surface area contributed by atoms with E-state index in [1.165, 1.54) is 4.88 Å². The number of nitrogens with zero attached hydrogens (tertiary/aromatic N) is 1. The number of methoxy groups -OCH3 is 1. The molecular formula is C19H20ClN3O2S. The van der Waals surface area contributed by atoms with E-state index < -0.39 is 0 Å². The molecule has 136 valence electrons. The number of thiophene rings is 1. The lowest BCUT2D eigenvalue weighted by atomic mass is 10.1. The lowest BCUT2D eigenvalue weighted by Gasteiger charge is -2.09. The monoisotopic (exact) mass is 389 g/mol. The molecule has 7 heteroatoms. The van der Waals surface area contributed by atoms with Gasteiger partial charge in [0.05, 0.1) is 11.3 Å².